The lowest BCUT2D eigenvalue weighted by molar-refractivity contribution is -0.120. The van der Waals surface area contributed by atoms with E-state index in [0.717, 1.165) is 30.0 Å². The van der Waals surface area contributed by atoms with E-state index in [9.17, 15) is 4.79 Å². The van der Waals surface area contributed by atoms with Crippen molar-refractivity contribution in [1.82, 2.24) is 24.7 Å². The molecule has 1 aromatic carbocycles. The number of aromatic nitrogens is 5. The molecule has 4 rings (SSSR count). The SMILES string of the molecule is O=C(Nc1ccccc1-c1ncn[nH]1)C1CCn2ccnc2C1. The Morgan fingerprint density at radius 2 is 2.22 bits per heavy atom. The maximum atomic E-state index is 12.6. The van der Waals surface area contributed by atoms with Gasteiger partial charge in [0.25, 0.3) is 0 Å². The minimum Gasteiger partial charge on any atom is -0.335 e. The highest BCUT2D eigenvalue weighted by Gasteiger charge is 2.26. The van der Waals surface area contributed by atoms with Gasteiger partial charge < -0.3 is 9.88 Å². The molecule has 0 spiro atoms. The van der Waals surface area contributed by atoms with E-state index in [4.69, 9.17) is 0 Å². The summed E-state index contributed by atoms with van der Waals surface area (Å²) in [5.74, 6) is 1.57. The number of nitrogens with zero attached hydrogens (tertiary/aromatic N) is 4. The summed E-state index contributed by atoms with van der Waals surface area (Å²) in [7, 11) is 0. The second-order valence-corrected chi connectivity index (χ2v) is 5.60. The van der Waals surface area contributed by atoms with E-state index in [-0.39, 0.29) is 11.8 Å². The Morgan fingerprint density at radius 1 is 1.30 bits per heavy atom. The highest BCUT2D eigenvalue weighted by Crippen LogP contribution is 2.26. The van der Waals surface area contributed by atoms with Crippen molar-refractivity contribution in [2.75, 3.05) is 5.32 Å². The van der Waals surface area contributed by atoms with Gasteiger partial charge >= 0.3 is 0 Å². The summed E-state index contributed by atoms with van der Waals surface area (Å²) in [4.78, 5) is 21.1. The fourth-order valence-corrected chi connectivity index (χ4v) is 2.94. The van der Waals surface area contributed by atoms with Crippen LogP contribution in [0.1, 0.15) is 12.2 Å². The average Bonchev–Trinajstić information content (AvgIpc) is 3.26. The highest BCUT2D eigenvalue weighted by molar-refractivity contribution is 5.96. The van der Waals surface area contributed by atoms with Crippen LogP contribution in [0.25, 0.3) is 11.4 Å². The van der Waals surface area contributed by atoms with Gasteiger partial charge in [-0.05, 0) is 18.6 Å². The van der Waals surface area contributed by atoms with Gasteiger partial charge in [0.15, 0.2) is 5.82 Å². The molecule has 23 heavy (non-hydrogen) atoms. The van der Waals surface area contributed by atoms with Gasteiger partial charge in [-0.2, -0.15) is 5.10 Å². The molecule has 1 aliphatic rings. The zero-order chi connectivity index (χ0) is 15.6. The molecule has 3 aromatic rings. The smallest absolute Gasteiger partial charge is 0.228 e. The number of benzene rings is 1. The molecular weight excluding hydrogens is 292 g/mol. The lowest BCUT2D eigenvalue weighted by Crippen LogP contribution is -2.30. The van der Waals surface area contributed by atoms with Crippen molar-refractivity contribution in [3.05, 3.63) is 48.8 Å². The summed E-state index contributed by atoms with van der Waals surface area (Å²) >= 11 is 0. The third-order valence-corrected chi connectivity index (χ3v) is 4.18. The number of H-pyrrole nitrogens is 1. The van der Waals surface area contributed by atoms with E-state index in [1.54, 1.807) is 6.20 Å². The first kappa shape index (κ1) is 13.7. The number of imidazole rings is 1. The Balaban J connectivity index is 1.54. The molecule has 2 aromatic heterocycles. The number of amides is 1. The fourth-order valence-electron chi connectivity index (χ4n) is 2.94. The van der Waals surface area contributed by atoms with E-state index < -0.39 is 0 Å². The Hall–Kier alpha value is -2.96. The molecule has 0 fully saturated rings. The molecule has 0 saturated heterocycles. The maximum Gasteiger partial charge on any atom is 0.228 e. The van der Waals surface area contributed by atoms with Crippen LogP contribution in [0.5, 0.6) is 0 Å². The second kappa shape index (κ2) is 5.68. The first-order valence-corrected chi connectivity index (χ1v) is 7.57. The molecule has 0 radical (unpaired) electrons. The van der Waals surface area contributed by atoms with Gasteiger partial charge in [-0.25, -0.2) is 9.97 Å². The minimum atomic E-state index is -0.0623. The number of hydrogen-bond acceptors (Lipinski definition) is 4. The van der Waals surface area contributed by atoms with Crippen molar-refractivity contribution in [2.45, 2.75) is 19.4 Å². The number of aromatic amines is 1. The zero-order valence-corrected chi connectivity index (χ0v) is 12.4. The molecule has 2 N–H and O–H groups in total. The van der Waals surface area contributed by atoms with Gasteiger partial charge in [-0.3, -0.25) is 9.89 Å². The Bertz CT molecular complexity index is 823. The molecule has 7 heteroatoms. The van der Waals surface area contributed by atoms with Gasteiger partial charge in [0.2, 0.25) is 5.91 Å². The number of para-hydroxylation sites is 1. The fraction of sp³-hybridized carbons (Fsp3) is 0.250. The number of hydrogen-bond donors (Lipinski definition) is 2. The van der Waals surface area contributed by atoms with E-state index in [1.165, 1.54) is 6.33 Å². The molecule has 3 heterocycles. The molecule has 0 saturated carbocycles. The summed E-state index contributed by atoms with van der Waals surface area (Å²) in [5.41, 5.74) is 1.57. The van der Waals surface area contributed by atoms with Gasteiger partial charge in [-0.15, -0.1) is 0 Å². The number of anilines is 1. The molecule has 1 aliphatic heterocycles. The van der Waals surface area contributed by atoms with Gasteiger partial charge in [0.1, 0.15) is 12.2 Å². The summed E-state index contributed by atoms with van der Waals surface area (Å²) in [6.07, 6.45) is 6.69. The Labute approximate surface area is 132 Å². The predicted octanol–water partition coefficient (Wildman–Crippen LogP) is 1.87. The third kappa shape index (κ3) is 2.61. The third-order valence-electron chi connectivity index (χ3n) is 4.18. The highest BCUT2D eigenvalue weighted by atomic mass is 16.1. The van der Waals surface area contributed by atoms with E-state index in [0.29, 0.717) is 12.2 Å². The van der Waals surface area contributed by atoms with Crippen molar-refractivity contribution < 1.29 is 4.79 Å². The largest absolute Gasteiger partial charge is 0.335 e. The number of rotatable bonds is 3. The summed E-state index contributed by atoms with van der Waals surface area (Å²) in [5, 5.41) is 9.73. The summed E-state index contributed by atoms with van der Waals surface area (Å²) in [6.45, 7) is 0.831. The Kier molecular flexibility index (Phi) is 3.38. The van der Waals surface area contributed by atoms with Crippen LogP contribution in [-0.4, -0.2) is 30.6 Å². The minimum absolute atomic E-state index is 0.0196. The van der Waals surface area contributed by atoms with Crippen molar-refractivity contribution in [3.8, 4) is 11.4 Å². The van der Waals surface area contributed by atoms with E-state index in [1.807, 2.05) is 30.5 Å². The number of nitrogens with one attached hydrogen (secondary N) is 2. The van der Waals surface area contributed by atoms with Crippen LogP contribution in [0.15, 0.2) is 43.0 Å². The number of fused-ring (bicyclic) bond motifs is 1. The molecular formula is C16H16N6O. The average molecular weight is 308 g/mol. The van der Waals surface area contributed by atoms with Crippen LogP contribution in [0.3, 0.4) is 0 Å². The molecule has 1 atom stereocenters. The van der Waals surface area contributed by atoms with Crippen LogP contribution in [0.2, 0.25) is 0 Å². The predicted molar refractivity (Wildman–Crippen MR) is 84.5 cm³/mol. The lowest BCUT2D eigenvalue weighted by atomic mass is 9.96. The molecule has 1 unspecified atom stereocenters. The number of carbonyl (C=O) groups excluding carboxylic acids is 1. The van der Waals surface area contributed by atoms with Crippen LogP contribution in [0, 0.1) is 5.92 Å². The Morgan fingerprint density at radius 3 is 3.09 bits per heavy atom. The van der Waals surface area contributed by atoms with Crippen LogP contribution < -0.4 is 5.32 Å². The van der Waals surface area contributed by atoms with Crippen LogP contribution in [-0.2, 0) is 17.8 Å². The standard InChI is InChI=1S/C16H16N6O/c23-16(11-5-7-22-8-6-17-14(22)9-11)20-13-4-2-1-3-12(13)15-18-10-19-21-15/h1-4,6,8,10-11H,5,7,9H2,(H,20,23)(H,18,19,21). The van der Waals surface area contributed by atoms with Crippen LogP contribution >= 0.6 is 0 Å². The molecule has 116 valence electrons. The number of aryl methyl sites for hydroxylation is 1. The summed E-state index contributed by atoms with van der Waals surface area (Å²) < 4.78 is 2.10. The van der Waals surface area contributed by atoms with E-state index in [2.05, 4.69) is 30.0 Å². The summed E-state index contributed by atoms with van der Waals surface area (Å²) in [6, 6.07) is 7.58. The van der Waals surface area contributed by atoms with Gasteiger partial charge in [0, 0.05) is 36.8 Å². The van der Waals surface area contributed by atoms with Crippen molar-refractivity contribution in [1.29, 1.82) is 0 Å². The quantitative estimate of drug-likeness (QED) is 0.773. The lowest BCUT2D eigenvalue weighted by Gasteiger charge is -2.23. The first-order valence-electron chi connectivity index (χ1n) is 7.57. The monoisotopic (exact) mass is 308 g/mol. The topological polar surface area (TPSA) is 88.5 Å². The van der Waals surface area contributed by atoms with Crippen molar-refractivity contribution >= 4 is 11.6 Å². The van der Waals surface area contributed by atoms with E-state index >= 15 is 0 Å². The first-order chi connectivity index (χ1) is 11.3. The van der Waals surface area contributed by atoms with Crippen molar-refractivity contribution in [3.63, 3.8) is 0 Å². The van der Waals surface area contributed by atoms with Crippen molar-refractivity contribution in [2.24, 2.45) is 5.92 Å². The normalized spacial score (nSPS) is 16.8. The van der Waals surface area contributed by atoms with Gasteiger partial charge in [0.05, 0.1) is 5.69 Å². The number of carbonyl (C=O) groups is 1. The van der Waals surface area contributed by atoms with Crippen LogP contribution in [0.4, 0.5) is 5.69 Å². The maximum absolute atomic E-state index is 12.6. The molecule has 0 bridgehead atoms. The molecule has 7 nitrogen and oxygen atoms in total. The second-order valence-electron chi connectivity index (χ2n) is 5.60. The zero-order valence-electron chi connectivity index (χ0n) is 12.4. The van der Waals surface area contributed by atoms with Gasteiger partial charge in [-0.1, -0.05) is 12.1 Å². The molecule has 1 amide bonds. The molecule has 0 aliphatic carbocycles.